The van der Waals surface area contributed by atoms with Gasteiger partial charge in [0.1, 0.15) is 11.5 Å². The van der Waals surface area contributed by atoms with Crippen LogP contribution in [0.15, 0.2) is 78.9 Å². The second-order valence-corrected chi connectivity index (χ2v) is 9.24. The summed E-state index contributed by atoms with van der Waals surface area (Å²) >= 11 is 0. The molecule has 0 unspecified atom stereocenters. The van der Waals surface area contributed by atoms with Crippen molar-refractivity contribution in [3.63, 3.8) is 0 Å². The third kappa shape index (κ3) is 7.65. The molecule has 1 atom stereocenters. The molecule has 0 spiro atoms. The Bertz CT molecular complexity index is 1010. The van der Waals surface area contributed by atoms with Crippen LogP contribution in [0.4, 0.5) is 0 Å². The molecule has 0 radical (unpaired) electrons. The highest BCUT2D eigenvalue weighted by molar-refractivity contribution is 5.73. The van der Waals surface area contributed by atoms with Gasteiger partial charge in [-0.25, -0.2) is 0 Å². The Balaban J connectivity index is 1.74. The van der Waals surface area contributed by atoms with Crippen LogP contribution in [-0.2, 0) is 11.3 Å². The summed E-state index contributed by atoms with van der Waals surface area (Å²) in [6.45, 7) is 11.0. The van der Waals surface area contributed by atoms with Crippen LogP contribution in [0.1, 0.15) is 63.6 Å². The average Bonchev–Trinajstić information content (AvgIpc) is 2.80. The number of ether oxygens (including phenoxy) is 2. The average molecular weight is 460 g/mol. The predicted molar refractivity (Wildman–Crippen MR) is 138 cm³/mol. The Morgan fingerprint density at radius 1 is 0.735 bits per heavy atom. The molecule has 0 N–H and O–H groups in total. The maximum atomic E-state index is 12.5. The second kappa shape index (κ2) is 12.3. The van der Waals surface area contributed by atoms with E-state index in [1.54, 1.807) is 6.92 Å². The Labute approximate surface area is 204 Å². The lowest BCUT2D eigenvalue weighted by molar-refractivity contribution is -0.129. The first-order chi connectivity index (χ1) is 16.3. The van der Waals surface area contributed by atoms with Gasteiger partial charge in [-0.3, -0.25) is 4.79 Å². The minimum Gasteiger partial charge on any atom is -0.491 e. The van der Waals surface area contributed by atoms with E-state index in [4.69, 9.17) is 9.47 Å². The smallest absolute Gasteiger partial charge is 0.219 e. The lowest BCUT2D eigenvalue weighted by atomic mass is 9.88. The zero-order valence-electron chi connectivity index (χ0n) is 21.0. The van der Waals surface area contributed by atoms with Crippen molar-refractivity contribution in [3.8, 4) is 11.5 Å². The van der Waals surface area contributed by atoms with Crippen LogP contribution < -0.4 is 9.47 Å². The quantitative estimate of drug-likeness (QED) is 0.315. The highest BCUT2D eigenvalue weighted by atomic mass is 16.5. The molecule has 1 amide bonds. The van der Waals surface area contributed by atoms with Crippen molar-refractivity contribution < 1.29 is 14.3 Å². The van der Waals surface area contributed by atoms with E-state index in [0.717, 1.165) is 23.5 Å². The van der Waals surface area contributed by atoms with Gasteiger partial charge in [-0.2, -0.15) is 0 Å². The van der Waals surface area contributed by atoms with E-state index in [0.29, 0.717) is 13.1 Å². The molecule has 4 nitrogen and oxygen atoms in total. The largest absolute Gasteiger partial charge is 0.491 e. The standard InChI is InChI=1S/C30H37NO3/c1-22(2)33-28-15-11-25(12-16-28)21-31(24(5)32)20-19-30(26-9-7-6-8-10-26)27-13-17-29(18-14-27)34-23(3)4/h6-18,22-23,30H,19-21H2,1-5H3/t30-/m0/s1. The molecule has 0 heterocycles. The summed E-state index contributed by atoms with van der Waals surface area (Å²) in [5.41, 5.74) is 3.57. The maximum absolute atomic E-state index is 12.5. The molecule has 3 rings (SSSR count). The van der Waals surface area contributed by atoms with Crippen molar-refractivity contribution in [1.29, 1.82) is 0 Å². The monoisotopic (exact) mass is 459 g/mol. The summed E-state index contributed by atoms with van der Waals surface area (Å²) in [6.07, 6.45) is 1.12. The van der Waals surface area contributed by atoms with E-state index in [1.807, 2.05) is 75.1 Å². The fraction of sp³-hybridized carbons (Fsp3) is 0.367. The molecule has 4 heteroatoms. The molecule has 0 aliphatic heterocycles. The van der Waals surface area contributed by atoms with Gasteiger partial charge in [0.05, 0.1) is 12.2 Å². The third-order valence-corrected chi connectivity index (χ3v) is 5.66. The van der Waals surface area contributed by atoms with Crippen LogP contribution >= 0.6 is 0 Å². The van der Waals surface area contributed by atoms with E-state index < -0.39 is 0 Å². The van der Waals surface area contributed by atoms with Gasteiger partial charge in [-0.05, 0) is 75.1 Å². The first-order valence-corrected chi connectivity index (χ1v) is 12.1. The highest BCUT2D eigenvalue weighted by Crippen LogP contribution is 2.30. The van der Waals surface area contributed by atoms with Crippen molar-refractivity contribution in [1.82, 2.24) is 4.90 Å². The van der Waals surface area contributed by atoms with Crippen LogP contribution in [0.5, 0.6) is 11.5 Å². The second-order valence-electron chi connectivity index (χ2n) is 9.24. The van der Waals surface area contributed by atoms with Crippen LogP contribution in [0, 0.1) is 0 Å². The van der Waals surface area contributed by atoms with Gasteiger partial charge in [0, 0.05) is 25.9 Å². The molecular weight excluding hydrogens is 422 g/mol. The number of hydrogen-bond donors (Lipinski definition) is 0. The molecule has 0 aliphatic rings. The van der Waals surface area contributed by atoms with Crippen molar-refractivity contribution in [2.45, 2.75) is 65.7 Å². The van der Waals surface area contributed by atoms with E-state index in [-0.39, 0.29) is 24.0 Å². The number of carbonyl (C=O) groups excluding carboxylic acids is 1. The topological polar surface area (TPSA) is 38.8 Å². The minimum atomic E-state index is 0.0787. The van der Waals surface area contributed by atoms with Crippen LogP contribution in [0.2, 0.25) is 0 Å². The van der Waals surface area contributed by atoms with Gasteiger partial charge in [0.2, 0.25) is 5.91 Å². The van der Waals surface area contributed by atoms with Crippen molar-refractivity contribution in [2.24, 2.45) is 0 Å². The van der Waals surface area contributed by atoms with Gasteiger partial charge in [-0.15, -0.1) is 0 Å². The van der Waals surface area contributed by atoms with Gasteiger partial charge in [-0.1, -0.05) is 54.6 Å². The Kier molecular flexibility index (Phi) is 9.15. The minimum absolute atomic E-state index is 0.0787. The zero-order chi connectivity index (χ0) is 24.5. The van der Waals surface area contributed by atoms with Crippen LogP contribution in [0.3, 0.4) is 0 Å². The maximum Gasteiger partial charge on any atom is 0.219 e. The number of benzene rings is 3. The summed E-state index contributed by atoms with van der Waals surface area (Å²) in [6, 6.07) is 26.9. The number of hydrogen-bond acceptors (Lipinski definition) is 3. The lowest BCUT2D eigenvalue weighted by Gasteiger charge is -2.25. The van der Waals surface area contributed by atoms with E-state index in [2.05, 4.69) is 36.4 Å². The van der Waals surface area contributed by atoms with Gasteiger partial charge in [0.15, 0.2) is 0 Å². The van der Waals surface area contributed by atoms with E-state index >= 15 is 0 Å². The Morgan fingerprint density at radius 2 is 1.24 bits per heavy atom. The molecule has 0 bridgehead atoms. The van der Waals surface area contributed by atoms with Crippen LogP contribution in [0.25, 0.3) is 0 Å². The summed E-state index contributed by atoms with van der Waals surface area (Å²) in [4.78, 5) is 14.4. The molecule has 0 saturated heterocycles. The summed E-state index contributed by atoms with van der Waals surface area (Å²) in [5.74, 6) is 2.00. The highest BCUT2D eigenvalue weighted by Gasteiger charge is 2.18. The predicted octanol–water partition coefficient (Wildman–Crippen LogP) is 6.83. The van der Waals surface area contributed by atoms with Crippen molar-refractivity contribution in [2.75, 3.05) is 6.54 Å². The molecule has 34 heavy (non-hydrogen) atoms. The number of carbonyl (C=O) groups is 1. The van der Waals surface area contributed by atoms with Crippen LogP contribution in [-0.4, -0.2) is 29.6 Å². The van der Waals surface area contributed by atoms with E-state index in [1.165, 1.54) is 11.1 Å². The normalized spacial score (nSPS) is 12.0. The fourth-order valence-corrected chi connectivity index (χ4v) is 4.06. The summed E-state index contributed by atoms with van der Waals surface area (Å²) in [5, 5.41) is 0. The van der Waals surface area contributed by atoms with Crippen molar-refractivity contribution >= 4 is 5.91 Å². The van der Waals surface area contributed by atoms with Gasteiger partial charge in [0.25, 0.3) is 0 Å². The first-order valence-electron chi connectivity index (χ1n) is 12.1. The Hall–Kier alpha value is -3.27. The van der Waals surface area contributed by atoms with Crippen molar-refractivity contribution in [3.05, 3.63) is 95.6 Å². The molecule has 3 aromatic carbocycles. The molecule has 0 fully saturated rings. The van der Waals surface area contributed by atoms with E-state index in [9.17, 15) is 4.79 Å². The molecule has 3 aromatic rings. The third-order valence-electron chi connectivity index (χ3n) is 5.66. The zero-order valence-corrected chi connectivity index (χ0v) is 21.0. The number of rotatable bonds is 11. The lowest BCUT2D eigenvalue weighted by Crippen LogP contribution is -2.30. The fourth-order valence-electron chi connectivity index (χ4n) is 4.06. The molecular formula is C30H37NO3. The summed E-state index contributed by atoms with van der Waals surface area (Å²) in [7, 11) is 0. The molecule has 0 aliphatic carbocycles. The number of amides is 1. The molecule has 180 valence electrons. The number of nitrogens with zero attached hydrogens (tertiary/aromatic N) is 1. The van der Waals surface area contributed by atoms with Gasteiger partial charge < -0.3 is 14.4 Å². The molecule has 0 saturated carbocycles. The first kappa shape index (κ1) is 25.4. The Morgan fingerprint density at radius 3 is 1.74 bits per heavy atom. The SMILES string of the molecule is CC(=O)N(CC[C@@H](c1ccccc1)c1ccc(OC(C)C)cc1)Cc1ccc(OC(C)C)cc1. The summed E-state index contributed by atoms with van der Waals surface area (Å²) < 4.78 is 11.6. The van der Waals surface area contributed by atoms with Gasteiger partial charge >= 0.3 is 0 Å². The molecule has 0 aromatic heterocycles.